The Bertz CT molecular complexity index is 861. The van der Waals surface area contributed by atoms with Gasteiger partial charge in [0.1, 0.15) is 11.3 Å². The van der Waals surface area contributed by atoms with Crippen LogP contribution in [0, 0.1) is 0 Å². The molecule has 0 aliphatic carbocycles. The molecule has 0 amide bonds. The number of nitrogens with zero attached hydrogens (tertiary/aromatic N) is 1. The first-order valence-electron chi connectivity index (χ1n) is 6.76. The molecule has 0 unspecified atom stereocenters. The number of phenols is 1. The molecule has 9 heteroatoms. The Morgan fingerprint density at radius 2 is 1.52 bits per heavy atom. The molecule has 1 aromatic heterocycles. The Morgan fingerprint density at radius 1 is 0.960 bits per heavy atom. The molecular weight excluding hydrogens is 343 g/mol. The van der Waals surface area contributed by atoms with E-state index in [4.69, 9.17) is 5.11 Å². The predicted molar refractivity (Wildman–Crippen MR) is 77.6 cm³/mol. The third-order valence-corrected chi connectivity index (χ3v) is 3.26. The summed E-state index contributed by atoms with van der Waals surface area (Å²) >= 11 is 0. The van der Waals surface area contributed by atoms with Crippen LogP contribution < -0.4 is 0 Å². The zero-order valence-corrected chi connectivity index (χ0v) is 12.4. The number of para-hydroxylation sites is 1. The first-order chi connectivity index (χ1) is 11.6. The Labute approximate surface area is 138 Å². The number of rotatable bonds is 5. The lowest BCUT2D eigenvalue weighted by molar-refractivity contribution is -0.141. The van der Waals surface area contributed by atoms with E-state index < -0.39 is 58.3 Å². The van der Waals surface area contributed by atoms with Crippen LogP contribution in [0.25, 0.3) is 0 Å². The van der Waals surface area contributed by atoms with Crippen molar-refractivity contribution in [3.8, 4) is 5.75 Å². The van der Waals surface area contributed by atoms with Gasteiger partial charge in [0.05, 0.1) is 12.0 Å². The molecule has 2 N–H and O–H groups in total. The van der Waals surface area contributed by atoms with Gasteiger partial charge in [-0.15, -0.1) is 0 Å². The zero-order valence-electron chi connectivity index (χ0n) is 12.4. The maximum absolute atomic E-state index is 12.9. The van der Waals surface area contributed by atoms with Crippen molar-refractivity contribution >= 4 is 17.5 Å². The first kappa shape index (κ1) is 18.1. The number of aromatic hydroxyl groups is 1. The fourth-order valence-corrected chi connectivity index (χ4v) is 2.13. The Hall–Kier alpha value is -3.23. The number of pyridine rings is 1. The van der Waals surface area contributed by atoms with Crippen molar-refractivity contribution in [3.63, 3.8) is 0 Å². The van der Waals surface area contributed by atoms with Crippen LogP contribution >= 0.6 is 0 Å². The maximum atomic E-state index is 12.9. The van der Waals surface area contributed by atoms with E-state index in [0.29, 0.717) is 0 Å². The average molecular weight is 353 g/mol. The minimum Gasteiger partial charge on any atom is -0.506 e. The van der Waals surface area contributed by atoms with Gasteiger partial charge in [-0.05, 0) is 24.3 Å². The van der Waals surface area contributed by atoms with E-state index in [1.54, 1.807) is 0 Å². The highest BCUT2D eigenvalue weighted by atomic mass is 19.4. The molecule has 1 aromatic carbocycles. The molecule has 0 aliphatic heterocycles. The van der Waals surface area contributed by atoms with Crippen molar-refractivity contribution in [1.82, 2.24) is 4.98 Å². The Kier molecular flexibility index (Phi) is 4.87. The van der Waals surface area contributed by atoms with Gasteiger partial charge in [-0.1, -0.05) is 6.07 Å². The van der Waals surface area contributed by atoms with Crippen LogP contribution in [-0.2, 0) is 6.18 Å². The van der Waals surface area contributed by atoms with Crippen molar-refractivity contribution < 1.29 is 37.8 Å². The molecule has 25 heavy (non-hydrogen) atoms. The summed E-state index contributed by atoms with van der Waals surface area (Å²) in [6, 6.07) is 5.30. The van der Waals surface area contributed by atoms with Crippen LogP contribution in [0.2, 0.25) is 0 Å². The van der Waals surface area contributed by atoms with Crippen LogP contribution in [0.1, 0.15) is 43.2 Å². The summed E-state index contributed by atoms with van der Waals surface area (Å²) in [6.07, 6.45) is -4.99. The first-order valence-corrected chi connectivity index (χ1v) is 6.76. The van der Waals surface area contributed by atoms with E-state index >= 15 is 0 Å². The SMILES string of the molecule is O=C(CC(=O)c1cccc(C(=O)O)c1O)c1cccnc1C(F)(F)F. The number of carbonyl (C=O) groups is 3. The second kappa shape index (κ2) is 6.71. The predicted octanol–water partition coefficient (Wildman–Crippen LogP) is 2.96. The number of ketones is 2. The number of hydrogen-bond donors (Lipinski definition) is 2. The highest BCUT2D eigenvalue weighted by Crippen LogP contribution is 2.31. The van der Waals surface area contributed by atoms with Gasteiger partial charge in [0.25, 0.3) is 0 Å². The lowest BCUT2D eigenvalue weighted by atomic mass is 9.98. The average Bonchev–Trinajstić information content (AvgIpc) is 2.53. The maximum Gasteiger partial charge on any atom is 0.434 e. The quantitative estimate of drug-likeness (QED) is 0.633. The molecule has 130 valence electrons. The molecule has 0 bridgehead atoms. The normalized spacial score (nSPS) is 11.2. The van der Waals surface area contributed by atoms with Gasteiger partial charge in [-0.2, -0.15) is 13.2 Å². The van der Waals surface area contributed by atoms with Gasteiger partial charge >= 0.3 is 12.1 Å². The fourth-order valence-electron chi connectivity index (χ4n) is 2.13. The van der Waals surface area contributed by atoms with Crippen LogP contribution in [0.5, 0.6) is 5.75 Å². The fraction of sp³-hybridized carbons (Fsp3) is 0.125. The number of benzene rings is 1. The number of carbonyl (C=O) groups excluding carboxylic acids is 2. The minimum absolute atomic E-state index is 0.467. The van der Waals surface area contributed by atoms with E-state index in [1.165, 1.54) is 6.07 Å². The summed E-state index contributed by atoms with van der Waals surface area (Å²) in [5.41, 5.74) is -3.23. The number of carboxylic acids is 1. The third-order valence-electron chi connectivity index (χ3n) is 3.26. The summed E-state index contributed by atoms with van der Waals surface area (Å²) in [7, 11) is 0. The minimum atomic E-state index is -4.87. The van der Waals surface area contributed by atoms with Crippen molar-refractivity contribution in [3.05, 3.63) is 58.9 Å². The molecule has 2 rings (SSSR count). The van der Waals surface area contributed by atoms with Crippen LogP contribution in [-0.4, -0.2) is 32.7 Å². The molecule has 0 saturated carbocycles. The van der Waals surface area contributed by atoms with Gasteiger partial charge in [0, 0.05) is 11.8 Å². The highest BCUT2D eigenvalue weighted by Gasteiger charge is 2.37. The Balaban J connectivity index is 2.33. The topological polar surface area (TPSA) is 105 Å². The molecule has 2 aromatic rings. The van der Waals surface area contributed by atoms with Gasteiger partial charge in [0.2, 0.25) is 0 Å². The van der Waals surface area contributed by atoms with Crippen LogP contribution in [0.3, 0.4) is 0 Å². The highest BCUT2D eigenvalue weighted by molar-refractivity contribution is 6.15. The van der Waals surface area contributed by atoms with E-state index in [2.05, 4.69) is 4.98 Å². The van der Waals surface area contributed by atoms with Gasteiger partial charge < -0.3 is 10.2 Å². The van der Waals surface area contributed by atoms with Gasteiger partial charge in [-0.25, -0.2) is 4.79 Å². The number of hydrogen-bond acceptors (Lipinski definition) is 5. The summed E-state index contributed by atoms with van der Waals surface area (Å²) in [5.74, 6) is -4.51. The van der Waals surface area contributed by atoms with Crippen molar-refractivity contribution in [2.45, 2.75) is 12.6 Å². The summed E-state index contributed by atoms with van der Waals surface area (Å²) in [4.78, 5) is 38.2. The van der Waals surface area contributed by atoms with E-state index in [1.807, 2.05) is 0 Å². The molecule has 0 fully saturated rings. The second-order valence-corrected chi connectivity index (χ2v) is 4.93. The second-order valence-electron chi connectivity index (χ2n) is 4.93. The number of alkyl halides is 3. The van der Waals surface area contributed by atoms with Crippen LogP contribution in [0.4, 0.5) is 13.2 Å². The van der Waals surface area contributed by atoms with Crippen LogP contribution in [0.15, 0.2) is 36.5 Å². The number of aromatic nitrogens is 1. The number of aromatic carboxylic acids is 1. The molecule has 1 heterocycles. The third kappa shape index (κ3) is 3.82. The van der Waals surface area contributed by atoms with Crippen molar-refractivity contribution in [2.75, 3.05) is 0 Å². The number of halogens is 3. The standard InChI is InChI=1S/C16H10F3NO5/c17-16(18,19)14-9(5-2-6-20-14)12(22)7-11(21)8-3-1-4-10(13(8)23)15(24)25/h1-6,23H,7H2,(H,24,25). The van der Waals surface area contributed by atoms with Crippen molar-refractivity contribution in [2.24, 2.45) is 0 Å². The smallest absolute Gasteiger partial charge is 0.434 e. The molecular formula is C16H10F3NO5. The van der Waals surface area contributed by atoms with Gasteiger partial charge in [0.15, 0.2) is 17.3 Å². The molecule has 0 aliphatic rings. The molecule has 0 atom stereocenters. The van der Waals surface area contributed by atoms with Crippen molar-refractivity contribution in [1.29, 1.82) is 0 Å². The number of Topliss-reactive ketones (excluding diaryl/α,β-unsaturated/α-hetero) is 2. The largest absolute Gasteiger partial charge is 0.506 e. The summed E-state index contributed by atoms with van der Waals surface area (Å²) in [6.45, 7) is 0. The number of carboxylic acid groups (broad SMARTS) is 1. The molecule has 0 spiro atoms. The van der Waals surface area contributed by atoms with E-state index in [9.17, 15) is 32.7 Å². The molecule has 0 saturated heterocycles. The summed E-state index contributed by atoms with van der Waals surface area (Å²) < 4.78 is 38.6. The monoisotopic (exact) mass is 353 g/mol. The lowest BCUT2D eigenvalue weighted by Gasteiger charge is -2.10. The zero-order chi connectivity index (χ0) is 18.8. The molecule has 0 radical (unpaired) electrons. The lowest BCUT2D eigenvalue weighted by Crippen LogP contribution is -2.17. The van der Waals surface area contributed by atoms with E-state index in [-0.39, 0.29) is 0 Å². The van der Waals surface area contributed by atoms with Gasteiger partial charge in [-0.3, -0.25) is 14.6 Å². The summed E-state index contributed by atoms with van der Waals surface area (Å²) in [5, 5.41) is 18.7. The van der Waals surface area contributed by atoms with E-state index in [0.717, 1.165) is 30.5 Å². The Morgan fingerprint density at radius 3 is 2.12 bits per heavy atom. The molecule has 6 nitrogen and oxygen atoms in total.